The molecule has 1 aromatic heterocycles. The lowest BCUT2D eigenvalue weighted by atomic mass is 10.1. The molecule has 2 aromatic carbocycles. The van der Waals surface area contributed by atoms with Crippen LogP contribution in [0.4, 0.5) is 0 Å². The second kappa shape index (κ2) is 9.09. The lowest BCUT2D eigenvalue weighted by Gasteiger charge is -2.05. The molecule has 3 rings (SSSR count). The van der Waals surface area contributed by atoms with Gasteiger partial charge in [-0.3, -0.25) is 9.59 Å². The summed E-state index contributed by atoms with van der Waals surface area (Å²) in [6.45, 7) is -0.137. The van der Waals surface area contributed by atoms with Gasteiger partial charge in [0.1, 0.15) is 5.75 Å². The van der Waals surface area contributed by atoms with Gasteiger partial charge in [-0.05, 0) is 53.7 Å². The summed E-state index contributed by atoms with van der Waals surface area (Å²) in [4.78, 5) is 25.2. The predicted molar refractivity (Wildman–Crippen MR) is 101 cm³/mol. The Bertz CT molecular complexity index is 955. The summed E-state index contributed by atoms with van der Waals surface area (Å²) in [5.74, 6) is 0.263. The van der Waals surface area contributed by atoms with Crippen molar-refractivity contribution in [3.63, 3.8) is 0 Å². The zero-order valence-corrected chi connectivity index (χ0v) is 15.8. The van der Waals surface area contributed by atoms with Gasteiger partial charge in [-0.25, -0.2) is 0 Å². The van der Waals surface area contributed by atoms with Crippen LogP contribution in [0.25, 0.3) is 11.4 Å². The standard InChI is InChI=1S/C19H17ClN4O4/c1-27-16-8-4-13(5-9-16)17(25)12-28-18(26)10-11-24-22-19(21-23-24)14-2-6-15(20)7-3-14/h2-9H,10-12H2,1H3. The third-order valence-corrected chi connectivity index (χ3v) is 4.10. The Morgan fingerprint density at radius 3 is 2.46 bits per heavy atom. The van der Waals surface area contributed by atoms with Crippen molar-refractivity contribution in [2.45, 2.75) is 13.0 Å². The van der Waals surface area contributed by atoms with E-state index in [0.29, 0.717) is 22.2 Å². The maximum absolute atomic E-state index is 12.0. The molecule has 8 nitrogen and oxygen atoms in total. The minimum Gasteiger partial charge on any atom is -0.497 e. The van der Waals surface area contributed by atoms with Crippen molar-refractivity contribution < 1.29 is 19.1 Å². The fraction of sp³-hybridized carbons (Fsp3) is 0.211. The number of ether oxygens (including phenoxy) is 2. The Balaban J connectivity index is 1.46. The number of hydrogen-bond donors (Lipinski definition) is 0. The number of carbonyl (C=O) groups excluding carboxylic acids is 2. The molecule has 0 N–H and O–H groups in total. The summed E-state index contributed by atoms with van der Waals surface area (Å²) in [6.07, 6.45) is 0.0201. The largest absolute Gasteiger partial charge is 0.497 e. The van der Waals surface area contributed by atoms with Crippen LogP contribution in [-0.2, 0) is 16.1 Å². The van der Waals surface area contributed by atoms with Gasteiger partial charge in [-0.1, -0.05) is 11.6 Å². The molecular weight excluding hydrogens is 384 g/mol. The molecule has 0 radical (unpaired) electrons. The van der Waals surface area contributed by atoms with Crippen LogP contribution in [0.5, 0.6) is 5.75 Å². The number of esters is 1. The van der Waals surface area contributed by atoms with E-state index < -0.39 is 5.97 Å². The monoisotopic (exact) mass is 400 g/mol. The molecule has 3 aromatic rings. The number of carbonyl (C=O) groups is 2. The predicted octanol–water partition coefficient (Wildman–Crippen LogP) is 2.82. The van der Waals surface area contributed by atoms with Crippen LogP contribution in [0, 0.1) is 0 Å². The molecule has 0 unspecified atom stereocenters. The lowest BCUT2D eigenvalue weighted by molar-refractivity contribution is -0.142. The van der Waals surface area contributed by atoms with E-state index in [0.717, 1.165) is 5.56 Å². The zero-order valence-electron chi connectivity index (χ0n) is 15.0. The number of aromatic nitrogens is 4. The van der Waals surface area contributed by atoms with Gasteiger partial charge in [0.25, 0.3) is 0 Å². The van der Waals surface area contributed by atoms with E-state index in [9.17, 15) is 9.59 Å². The highest BCUT2D eigenvalue weighted by Gasteiger charge is 2.12. The van der Waals surface area contributed by atoms with Gasteiger partial charge in [-0.2, -0.15) is 4.80 Å². The van der Waals surface area contributed by atoms with Crippen molar-refractivity contribution >= 4 is 23.4 Å². The Morgan fingerprint density at radius 1 is 1.07 bits per heavy atom. The van der Waals surface area contributed by atoms with Crippen molar-refractivity contribution in [1.29, 1.82) is 0 Å². The first-order valence-corrected chi connectivity index (χ1v) is 8.79. The number of aryl methyl sites for hydroxylation is 1. The van der Waals surface area contributed by atoms with Crippen LogP contribution in [0.15, 0.2) is 48.5 Å². The molecule has 28 heavy (non-hydrogen) atoms. The SMILES string of the molecule is COc1ccc(C(=O)COC(=O)CCn2nnc(-c3ccc(Cl)cc3)n2)cc1. The summed E-state index contributed by atoms with van der Waals surface area (Å²) >= 11 is 5.85. The van der Waals surface area contributed by atoms with Gasteiger partial charge in [-0.15, -0.1) is 10.2 Å². The second-order valence-corrected chi connectivity index (χ2v) is 6.21. The van der Waals surface area contributed by atoms with Gasteiger partial charge in [0.2, 0.25) is 5.82 Å². The summed E-state index contributed by atoms with van der Waals surface area (Å²) in [5.41, 5.74) is 1.21. The first kappa shape index (κ1) is 19.5. The topological polar surface area (TPSA) is 96.2 Å². The van der Waals surface area contributed by atoms with Crippen molar-refractivity contribution in [3.05, 3.63) is 59.1 Å². The highest BCUT2D eigenvalue weighted by Crippen LogP contribution is 2.17. The molecular formula is C19H17ClN4O4. The van der Waals surface area contributed by atoms with Gasteiger partial charge >= 0.3 is 5.97 Å². The van der Waals surface area contributed by atoms with Gasteiger partial charge in [0.05, 0.1) is 20.1 Å². The van der Waals surface area contributed by atoms with E-state index in [-0.39, 0.29) is 25.4 Å². The van der Waals surface area contributed by atoms with Crippen molar-refractivity contribution in [2.24, 2.45) is 0 Å². The number of methoxy groups -OCH3 is 1. The lowest BCUT2D eigenvalue weighted by Crippen LogP contribution is -2.16. The van der Waals surface area contributed by atoms with Crippen molar-refractivity contribution in [3.8, 4) is 17.1 Å². The number of Topliss-reactive ketones (excluding diaryl/α,β-unsaturated/α-hetero) is 1. The number of benzene rings is 2. The molecule has 0 spiro atoms. The molecule has 144 valence electrons. The average Bonchev–Trinajstić information content (AvgIpc) is 3.20. The molecule has 9 heteroatoms. The summed E-state index contributed by atoms with van der Waals surface area (Å²) < 4.78 is 10.1. The molecule has 0 amide bonds. The summed E-state index contributed by atoms with van der Waals surface area (Å²) in [5, 5.41) is 12.7. The Morgan fingerprint density at radius 2 is 1.79 bits per heavy atom. The zero-order chi connectivity index (χ0) is 19.9. The average molecular weight is 401 g/mol. The van der Waals surface area contributed by atoms with Crippen LogP contribution < -0.4 is 4.74 Å². The number of tetrazole rings is 1. The number of hydrogen-bond acceptors (Lipinski definition) is 7. The molecule has 0 aliphatic carbocycles. The van der Waals surface area contributed by atoms with Gasteiger partial charge in [0.15, 0.2) is 12.4 Å². The van der Waals surface area contributed by atoms with E-state index in [1.54, 1.807) is 55.6 Å². The molecule has 0 fully saturated rings. The van der Waals surface area contributed by atoms with E-state index >= 15 is 0 Å². The van der Waals surface area contributed by atoms with E-state index in [1.165, 1.54) is 4.80 Å². The third kappa shape index (κ3) is 5.14. The van der Waals surface area contributed by atoms with Crippen LogP contribution in [0.3, 0.4) is 0 Å². The first-order valence-electron chi connectivity index (χ1n) is 8.42. The van der Waals surface area contributed by atoms with Crippen LogP contribution in [-0.4, -0.2) is 45.7 Å². The van der Waals surface area contributed by atoms with Crippen molar-refractivity contribution in [2.75, 3.05) is 13.7 Å². The molecule has 1 heterocycles. The summed E-state index contributed by atoms with van der Waals surface area (Å²) in [7, 11) is 1.54. The fourth-order valence-electron chi connectivity index (χ4n) is 2.32. The Kier molecular flexibility index (Phi) is 6.33. The Hall–Kier alpha value is -3.26. The minimum absolute atomic E-state index is 0.0201. The molecule has 0 saturated carbocycles. The number of nitrogens with zero attached hydrogens (tertiary/aromatic N) is 4. The maximum atomic E-state index is 12.0. The smallest absolute Gasteiger partial charge is 0.308 e. The molecule has 0 atom stereocenters. The normalized spacial score (nSPS) is 10.5. The van der Waals surface area contributed by atoms with E-state index in [2.05, 4.69) is 15.4 Å². The van der Waals surface area contributed by atoms with Gasteiger partial charge < -0.3 is 9.47 Å². The fourth-order valence-corrected chi connectivity index (χ4v) is 2.45. The van der Waals surface area contributed by atoms with E-state index in [4.69, 9.17) is 21.1 Å². The second-order valence-electron chi connectivity index (χ2n) is 5.78. The number of halogens is 1. The van der Waals surface area contributed by atoms with Crippen LogP contribution >= 0.6 is 11.6 Å². The molecule has 0 aliphatic rings. The number of ketones is 1. The summed E-state index contributed by atoms with van der Waals surface area (Å²) in [6, 6.07) is 13.6. The van der Waals surface area contributed by atoms with E-state index in [1.807, 2.05) is 0 Å². The molecule has 0 aliphatic heterocycles. The number of rotatable bonds is 8. The highest BCUT2D eigenvalue weighted by molar-refractivity contribution is 6.30. The Labute approximate surface area is 166 Å². The first-order chi connectivity index (χ1) is 13.5. The minimum atomic E-state index is -0.521. The maximum Gasteiger partial charge on any atom is 0.308 e. The van der Waals surface area contributed by atoms with Crippen LogP contribution in [0.2, 0.25) is 5.02 Å². The quantitative estimate of drug-likeness (QED) is 0.423. The van der Waals surface area contributed by atoms with Crippen LogP contribution in [0.1, 0.15) is 16.8 Å². The van der Waals surface area contributed by atoms with Gasteiger partial charge in [0, 0.05) is 16.1 Å². The molecule has 0 bridgehead atoms. The van der Waals surface area contributed by atoms with Crippen molar-refractivity contribution in [1.82, 2.24) is 20.2 Å². The highest BCUT2D eigenvalue weighted by atomic mass is 35.5. The molecule has 0 saturated heterocycles. The third-order valence-electron chi connectivity index (χ3n) is 3.85.